The summed E-state index contributed by atoms with van der Waals surface area (Å²) in [6.45, 7) is 3.88. The molecule has 0 fully saturated rings. The predicted molar refractivity (Wildman–Crippen MR) is 88.7 cm³/mol. The molecule has 0 unspecified atom stereocenters. The van der Waals surface area contributed by atoms with Crippen LogP contribution in [0.2, 0.25) is 0 Å². The molecule has 0 saturated heterocycles. The molecule has 114 valence electrons. The molecular weight excluding hydrogens is 300 g/mol. The molecule has 0 saturated carbocycles. The molecule has 0 aliphatic carbocycles. The van der Waals surface area contributed by atoms with Gasteiger partial charge >= 0.3 is 0 Å². The van der Waals surface area contributed by atoms with Crippen molar-refractivity contribution in [2.45, 2.75) is 18.7 Å². The van der Waals surface area contributed by atoms with Gasteiger partial charge in [0.1, 0.15) is 0 Å². The standard InChI is InChI=1S/C16H16N2O3S/c1-10-5-4-6-13(11(10)2)17-16(19)12-7-8-15(22-3)14(9-12)18(20)21/h4-9H,1-3H3,(H,17,19). The van der Waals surface area contributed by atoms with Gasteiger partial charge in [0.15, 0.2) is 0 Å². The zero-order chi connectivity index (χ0) is 16.3. The minimum atomic E-state index is -0.472. The van der Waals surface area contributed by atoms with Gasteiger partial charge in [-0.3, -0.25) is 14.9 Å². The summed E-state index contributed by atoms with van der Waals surface area (Å²) in [5.41, 5.74) is 2.97. The van der Waals surface area contributed by atoms with Gasteiger partial charge in [0, 0.05) is 17.3 Å². The Kier molecular flexibility index (Phi) is 4.82. The molecule has 0 atom stereocenters. The van der Waals surface area contributed by atoms with Crippen LogP contribution in [0.5, 0.6) is 0 Å². The quantitative estimate of drug-likeness (QED) is 0.521. The lowest BCUT2D eigenvalue weighted by atomic mass is 10.1. The summed E-state index contributed by atoms with van der Waals surface area (Å²) < 4.78 is 0. The molecule has 0 aliphatic rings. The van der Waals surface area contributed by atoms with Crippen LogP contribution in [0.25, 0.3) is 0 Å². The fourth-order valence-corrected chi connectivity index (χ4v) is 2.60. The third-order valence-corrected chi connectivity index (χ3v) is 4.28. The average Bonchev–Trinajstić information content (AvgIpc) is 2.51. The molecule has 1 amide bonds. The van der Waals surface area contributed by atoms with Crippen LogP contribution in [0.1, 0.15) is 21.5 Å². The van der Waals surface area contributed by atoms with E-state index in [0.29, 0.717) is 10.6 Å². The average molecular weight is 316 g/mol. The number of nitrogens with one attached hydrogen (secondary N) is 1. The van der Waals surface area contributed by atoms with Crippen molar-refractivity contribution in [1.29, 1.82) is 0 Å². The molecular formula is C16H16N2O3S. The van der Waals surface area contributed by atoms with Gasteiger partial charge in [0.2, 0.25) is 0 Å². The second-order valence-electron chi connectivity index (χ2n) is 4.85. The molecule has 0 radical (unpaired) electrons. The Morgan fingerprint density at radius 3 is 2.59 bits per heavy atom. The highest BCUT2D eigenvalue weighted by atomic mass is 32.2. The van der Waals surface area contributed by atoms with E-state index in [9.17, 15) is 14.9 Å². The topological polar surface area (TPSA) is 72.2 Å². The number of nitro benzene ring substituents is 1. The highest BCUT2D eigenvalue weighted by molar-refractivity contribution is 7.98. The van der Waals surface area contributed by atoms with Crippen LogP contribution in [-0.2, 0) is 0 Å². The summed E-state index contributed by atoms with van der Waals surface area (Å²) in [5.74, 6) is -0.357. The molecule has 0 heterocycles. The predicted octanol–water partition coefficient (Wildman–Crippen LogP) is 4.19. The van der Waals surface area contributed by atoms with Crippen molar-refractivity contribution < 1.29 is 9.72 Å². The fourth-order valence-electron chi connectivity index (χ4n) is 2.05. The number of nitro groups is 1. The smallest absolute Gasteiger partial charge is 0.283 e. The molecule has 2 aromatic carbocycles. The number of carbonyl (C=O) groups is 1. The van der Waals surface area contributed by atoms with Crippen LogP contribution in [-0.4, -0.2) is 17.1 Å². The number of amides is 1. The van der Waals surface area contributed by atoms with E-state index < -0.39 is 4.92 Å². The second-order valence-corrected chi connectivity index (χ2v) is 5.69. The van der Waals surface area contributed by atoms with Crippen molar-refractivity contribution in [1.82, 2.24) is 0 Å². The molecule has 2 aromatic rings. The van der Waals surface area contributed by atoms with E-state index in [0.717, 1.165) is 11.1 Å². The fraction of sp³-hybridized carbons (Fsp3) is 0.188. The number of benzene rings is 2. The van der Waals surface area contributed by atoms with Crippen molar-refractivity contribution in [3.8, 4) is 0 Å². The number of hydrogen-bond donors (Lipinski definition) is 1. The number of hydrogen-bond acceptors (Lipinski definition) is 4. The maximum Gasteiger partial charge on any atom is 0.283 e. The van der Waals surface area contributed by atoms with Crippen LogP contribution >= 0.6 is 11.8 Å². The van der Waals surface area contributed by atoms with Crippen molar-refractivity contribution in [3.05, 3.63) is 63.2 Å². The lowest BCUT2D eigenvalue weighted by molar-refractivity contribution is -0.387. The largest absolute Gasteiger partial charge is 0.322 e. The summed E-state index contributed by atoms with van der Waals surface area (Å²) >= 11 is 1.28. The van der Waals surface area contributed by atoms with Gasteiger partial charge in [-0.2, -0.15) is 0 Å². The second kappa shape index (κ2) is 6.62. The van der Waals surface area contributed by atoms with E-state index in [1.807, 2.05) is 32.0 Å². The maximum atomic E-state index is 12.3. The van der Waals surface area contributed by atoms with Gasteiger partial charge < -0.3 is 5.32 Å². The Balaban J connectivity index is 2.32. The molecule has 0 aliphatic heterocycles. The number of anilines is 1. The first kappa shape index (κ1) is 16.0. The third kappa shape index (κ3) is 3.28. The van der Waals surface area contributed by atoms with Crippen molar-refractivity contribution in [3.63, 3.8) is 0 Å². The molecule has 22 heavy (non-hydrogen) atoms. The first-order valence-corrected chi connectivity index (χ1v) is 7.86. The summed E-state index contributed by atoms with van der Waals surface area (Å²) in [6, 6.07) is 10.1. The summed E-state index contributed by atoms with van der Waals surface area (Å²) in [7, 11) is 0. The molecule has 1 N–H and O–H groups in total. The molecule has 6 heteroatoms. The minimum Gasteiger partial charge on any atom is -0.322 e. The summed E-state index contributed by atoms with van der Waals surface area (Å²) in [5, 5.41) is 13.9. The SMILES string of the molecule is CSc1ccc(C(=O)Nc2cccc(C)c2C)cc1[N+](=O)[O-]. The molecule has 2 rings (SSSR count). The van der Waals surface area contributed by atoms with Gasteiger partial charge in [-0.1, -0.05) is 12.1 Å². The number of aryl methyl sites for hydroxylation is 1. The van der Waals surface area contributed by atoms with E-state index in [1.165, 1.54) is 17.8 Å². The van der Waals surface area contributed by atoms with Crippen LogP contribution in [0.4, 0.5) is 11.4 Å². The van der Waals surface area contributed by atoms with E-state index in [4.69, 9.17) is 0 Å². The van der Waals surface area contributed by atoms with Gasteiger partial charge in [-0.25, -0.2) is 0 Å². The van der Waals surface area contributed by atoms with Gasteiger partial charge in [0.25, 0.3) is 11.6 Å². The Hall–Kier alpha value is -2.34. The Morgan fingerprint density at radius 2 is 1.95 bits per heavy atom. The highest BCUT2D eigenvalue weighted by Gasteiger charge is 2.17. The molecule has 5 nitrogen and oxygen atoms in total. The zero-order valence-electron chi connectivity index (χ0n) is 12.5. The first-order valence-electron chi connectivity index (χ1n) is 6.64. The zero-order valence-corrected chi connectivity index (χ0v) is 13.4. The first-order chi connectivity index (χ1) is 10.4. The van der Waals surface area contributed by atoms with Crippen molar-refractivity contribution in [2.24, 2.45) is 0 Å². The van der Waals surface area contributed by atoms with Crippen LogP contribution < -0.4 is 5.32 Å². The lowest BCUT2D eigenvalue weighted by Gasteiger charge is -2.10. The molecule has 0 bridgehead atoms. The van der Waals surface area contributed by atoms with Gasteiger partial charge in [0.05, 0.1) is 9.82 Å². The van der Waals surface area contributed by atoms with Gasteiger partial charge in [-0.05, 0) is 49.4 Å². The lowest BCUT2D eigenvalue weighted by Crippen LogP contribution is -2.13. The van der Waals surface area contributed by atoms with Crippen molar-refractivity contribution in [2.75, 3.05) is 11.6 Å². The summed E-state index contributed by atoms with van der Waals surface area (Å²) in [4.78, 5) is 23.4. The Morgan fingerprint density at radius 1 is 1.23 bits per heavy atom. The Labute approximate surface area is 132 Å². The number of nitrogens with zero attached hydrogens (tertiary/aromatic N) is 1. The van der Waals surface area contributed by atoms with E-state index in [-0.39, 0.29) is 17.2 Å². The number of thioether (sulfide) groups is 1. The van der Waals surface area contributed by atoms with E-state index in [2.05, 4.69) is 5.32 Å². The Bertz CT molecular complexity index is 744. The maximum absolute atomic E-state index is 12.3. The monoisotopic (exact) mass is 316 g/mol. The van der Waals surface area contributed by atoms with Crippen molar-refractivity contribution >= 4 is 29.0 Å². The summed E-state index contributed by atoms with van der Waals surface area (Å²) in [6.07, 6.45) is 1.76. The number of rotatable bonds is 4. The normalized spacial score (nSPS) is 10.3. The van der Waals surface area contributed by atoms with E-state index in [1.54, 1.807) is 18.4 Å². The van der Waals surface area contributed by atoms with Gasteiger partial charge in [-0.15, -0.1) is 11.8 Å². The van der Waals surface area contributed by atoms with Crippen LogP contribution in [0.15, 0.2) is 41.3 Å². The molecule has 0 spiro atoms. The number of carbonyl (C=O) groups excluding carboxylic acids is 1. The van der Waals surface area contributed by atoms with Crippen LogP contribution in [0.3, 0.4) is 0 Å². The highest BCUT2D eigenvalue weighted by Crippen LogP contribution is 2.28. The van der Waals surface area contributed by atoms with Crippen LogP contribution in [0, 0.1) is 24.0 Å². The third-order valence-electron chi connectivity index (χ3n) is 3.49. The minimum absolute atomic E-state index is 0.0545. The molecule has 0 aromatic heterocycles. The van der Waals surface area contributed by atoms with E-state index >= 15 is 0 Å².